The summed E-state index contributed by atoms with van der Waals surface area (Å²) in [4.78, 5) is 13.9. The highest BCUT2D eigenvalue weighted by atomic mass is 35.5. The Labute approximate surface area is 129 Å². The molecule has 1 heterocycles. The number of carbonyl (C=O) groups is 1. The van der Waals surface area contributed by atoms with Crippen LogP contribution in [0.15, 0.2) is 24.3 Å². The lowest BCUT2D eigenvalue weighted by Crippen LogP contribution is -2.31. The first kappa shape index (κ1) is 15.7. The molecule has 1 aromatic carbocycles. The second kappa shape index (κ2) is 7.34. The molecule has 1 aromatic rings. The van der Waals surface area contributed by atoms with E-state index < -0.39 is 0 Å². The Morgan fingerprint density at radius 3 is 3.05 bits per heavy atom. The number of aliphatic hydroxyl groups excluding tert-OH is 1. The van der Waals surface area contributed by atoms with Gasteiger partial charge in [0.25, 0.3) is 0 Å². The fourth-order valence-corrected chi connectivity index (χ4v) is 3.47. The summed E-state index contributed by atoms with van der Waals surface area (Å²) in [6.45, 7) is 3.26. The van der Waals surface area contributed by atoms with Crippen molar-refractivity contribution in [2.45, 2.75) is 25.2 Å². The fourth-order valence-electron chi connectivity index (χ4n) is 2.38. The van der Waals surface area contributed by atoms with Crippen LogP contribution >= 0.6 is 23.4 Å². The molecule has 2 rings (SSSR count). The number of likely N-dealkylation sites (tertiary alicyclic amines) is 1. The zero-order chi connectivity index (χ0) is 14.5. The molecule has 0 spiro atoms. The molecule has 1 amide bonds. The predicted octanol–water partition coefficient (Wildman–Crippen LogP) is 2.80. The predicted molar refractivity (Wildman–Crippen MR) is 84.0 cm³/mol. The van der Waals surface area contributed by atoms with E-state index >= 15 is 0 Å². The number of amides is 1. The van der Waals surface area contributed by atoms with Crippen LogP contribution in [0.3, 0.4) is 0 Å². The number of thioether (sulfide) groups is 1. The Hall–Kier alpha value is -0.710. The highest BCUT2D eigenvalue weighted by Crippen LogP contribution is 2.22. The molecule has 1 fully saturated rings. The number of rotatable bonds is 5. The quantitative estimate of drug-likeness (QED) is 0.908. The summed E-state index contributed by atoms with van der Waals surface area (Å²) in [6, 6.07) is 7.72. The average molecular weight is 314 g/mol. The normalized spacial score (nSPS) is 20.1. The van der Waals surface area contributed by atoms with Crippen molar-refractivity contribution in [2.24, 2.45) is 5.92 Å². The minimum Gasteiger partial charge on any atom is -0.393 e. The maximum absolute atomic E-state index is 12.1. The van der Waals surface area contributed by atoms with Crippen molar-refractivity contribution >= 4 is 29.3 Å². The Kier molecular flexibility index (Phi) is 5.75. The van der Waals surface area contributed by atoms with Gasteiger partial charge in [-0.25, -0.2) is 0 Å². The monoisotopic (exact) mass is 313 g/mol. The summed E-state index contributed by atoms with van der Waals surface area (Å²) in [5.74, 6) is 1.68. The van der Waals surface area contributed by atoms with Crippen molar-refractivity contribution < 1.29 is 9.90 Å². The molecule has 0 saturated carbocycles. The third kappa shape index (κ3) is 4.40. The van der Waals surface area contributed by atoms with Crippen LogP contribution in [0.2, 0.25) is 5.02 Å². The average Bonchev–Trinajstić information content (AvgIpc) is 2.88. The van der Waals surface area contributed by atoms with Gasteiger partial charge in [0.05, 0.1) is 11.9 Å². The zero-order valence-corrected chi connectivity index (χ0v) is 13.2. The van der Waals surface area contributed by atoms with E-state index in [2.05, 4.69) is 0 Å². The van der Waals surface area contributed by atoms with E-state index in [4.69, 9.17) is 11.6 Å². The molecule has 3 nitrogen and oxygen atoms in total. The molecule has 110 valence electrons. The number of halogens is 1. The topological polar surface area (TPSA) is 40.5 Å². The Morgan fingerprint density at radius 1 is 1.60 bits per heavy atom. The van der Waals surface area contributed by atoms with Crippen LogP contribution in [0.25, 0.3) is 0 Å². The van der Waals surface area contributed by atoms with Gasteiger partial charge in [0.1, 0.15) is 0 Å². The second-order valence-electron chi connectivity index (χ2n) is 5.25. The molecular weight excluding hydrogens is 294 g/mol. The number of hydrogen-bond donors (Lipinski definition) is 1. The number of aliphatic hydroxyl groups is 1. The maximum Gasteiger partial charge on any atom is 0.232 e. The van der Waals surface area contributed by atoms with Crippen molar-refractivity contribution in [1.82, 2.24) is 4.90 Å². The Balaban J connectivity index is 1.73. The number of carbonyl (C=O) groups excluding carboxylic acids is 1. The molecule has 1 saturated heterocycles. The van der Waals surface area contributed by atoms with Crippen molar-refractivity contribution in [3.05, 3.63) is 34.9 Å². The molecule has 0 radical (unpaired) electrons. The van der Waals surface area contributed by atoms with Gasteiger partial charge in [-0.15, -0.1) is 11.8 Å². The Morgan fingerprint density at radius 2 is 2.40 bits per heavy atom. The summed E-state index contributed by atoms with van der Waals surface area (Å²) in [5, 5.41) is 10.3. The molecule has 0 bridgehead atoms. The van der Waals surface area contributed by atoms with Crippen LogP contribution < -0.4 is 0 Å². The molecule has 2 unspecified atom stereocenters. The first-order valence-corrected chi connectivity index (χ1v) is 8.37. The van der Waals surface area contributed by atoms with Gasteiger partial charge in [0.15, 0.2) is 0 Å². The molecule has 1 N–H and O–H groups in total. The lowest BCUT2D eigenvalue weighted by Gasteiger charge is -2.17. The molecule has 0 aromatic heterocycles. The smallest absolute Gasteiger partial charge is 0.232 e. The molecule has 1 aliphatic rings. The SMILES string of the molecule is CC(O)C1CCN(C(=O)CSCc2cccc(Cl)c2)C1. The largest absolute Gasteiger partial charge is 0.393 e. The van der Waals surface area contributed by atoms with Gasteiger partial charge in [-0.1, -0.05) is 23.7 Å². The molecule has 20 heavy (non-hydrogen) atoms. The first-order valence-electron chi connectivity index (χ1n) is 6.84. The van der Waals surface area contributed by atoms with Crippen LogP contribution in [0.5, 0.6) is 0 Å². The maximum atomic E-state index is 12.1. The van der Waals surface area contributed by atoms with Crippen LogP contribution in [0.1, 0.15) is 18.9 Å². The van der Waals surface area contributed by atoms with E-state index in [1.54, 1.807) is 18.7 Å². The minimum atomic E-state index is -0.327. The van der Waals surface area contributed by atoms with Crippen molar-refractivity contribution in [3.8, 4) is 0 Å². The molecule has 5 heteroatoms. The van der Waals surface area contributed by atoms with Gasteiger partial charge in [-0.3, -0.25) is 4.79 Å². The van der Waals surface area contributed by atoms with Crippen LogP contribution in [0, 0.1) is 5.92 Å². The third-order valence-corrected chi connectivity index (χ3v) is 4.87. The van der Waals surface area contributed by atoms with Gasteiger partial charge < -0.3 is 10.0 Å². The van der Waals surface area contributed by atoms with Gasteiger partial charge in [0.2, 0.25) is 5.91 Å². The number of hydrogen-bond acceptors (Lipinski definition) is 3. The summed E-state index contributed by atoms with van der Waals surface area (Å²) in [7, 11) is 0. The number of benzene rings is 1. The van der Waals surface area contributed by atoms with Crippen LogP contribution in [-0.4, -0.2) is 40.9 Å². The van der Waals surface area contributed by atoms with E-state index in [0.29, 0.717) is 12.3 Å². The Bertz CT molecular complexity index is 467. The molecule has 2 atom stereocenters. The van der Waals surface area contributed by atoms with Crippen LogP contribution in [0.4, 0.5) is 0 Å². The highest BCUT2D eigenvalue weighted by Gasteiger charge is 2.28. The van der Waals surface area contributed by atoms with E-state index in [-0.39, 0.29) is 17.9 Å². The van der Waals surface area contributed by atoms with Crippen molar-refractivity contribution in [3.63, 3.8) is 0 Å². The summed E-state index contributed by atoms with van der Waals surface area (Å²) in [6.07, 6.45) is 0.578. The number of nitrogens with zero attached hydrogens (tertiary/aromatic N) is 1. The van der Waals surface area contributed by atoms with E-state index in [9.17, 15) is 9.90 Å². The first-order chi connectivity index (χ1) is 9.56. The van der Waals surface area contributed by atoms with E-state index in [1.165, 1.54) is 0 Å². The standard InChI is InChI=1S/C15H20ClNO2S/c1-11(18)13-5-6-17(8-13)15(19)10-20-9-12-3-2-4-14(16)7-12/h2-4,7,11,13,18H,5-6,8-10H2,1H3. The second-order valence-corrected chi connectivity index (χ2v) is 6.67. The van der Waals surface area contributed by atoms with Gasteiger partial charge in [0, 0.05) is 29.8 Å². The van der Waals surface area contributed by atoms with Gasteiger partial charge >= 0.3 is 0 Å². The zero-order valence-electron chi connectivity index (χ0n) is 11.6. The van der Waals surface area contributed by atoms with Gasteiger partial charge in [-0.2, -0.15) is 0 Å². The van der Waals surface area contributed by atoms with Crippen LogP contribution in [-0.2, 0) is 10.5 Å². The molecule has 0 aliphatic carbocycles. The van der Waals surface area contributed by atoms with Gasteiger partial charge in [-0.05, 0) is 31.0 Å². The molecule has 1 aliphatic heterocycles. The summed E-state index contributed by atoms with van der Waals surface area (Å²) in [5.41, 5.74) is 1.14. The lowest BCUT2D eigenvalue weighted by molar-refractivity contribution is -0.127. The summed E-state index contributed by atoms with van der Waals surface area (Å²) < 4.78 is 0. The van der Waals surface area contributed by atoms with E-state index in [0.717, 1.165) is 29.3 Å². The highest BCUT2D eigenvalue weighted by molar-refractivity contribution is 7.99. The third-order valence-electron chi connectivity index (χ3n) is 3.64. The summed E-state index contributed by atoms with van der Waals surface area (Å²) >= 11 is 7.53. The molecular formula is C15H20ClNO2S. The fraction of sp³-hybridized carbons (Fsp3) is 0.533. The van der Waals surface area contributed by atoms with Crippen molar-refractivity contribution in [1.29, 1.82) is 0 Å². The van der Waals surface area contributed by atoms with E-state index in [1.807, 2.05) is 29.2 Å². The lowest BCUT2D eigenvalue weighted by atomic mass is 10.0. The van der Waals surface area contributed by atoms with Crippen molar-refractivity contribution in [2.75, 3.05) is 18.8 Å². The minimum absolute atomic E-state index is 0.167.